The van der Waals surface area contributed by atoms with E-state index in [9.17, 15) is 9.59 Å². The Morgan fingerprint density at radius 2 is 1.61 bits per heavy atom. The number of para-hydroxylation sites is 2. The number of rotatable bonds is 0. The Balaban J connectivity index is 0.000000136. The number of nitrogens with one attached hydrogen (secondary N) is 2. The summed E-state index contributed by atoms with van der Waals surface area (Å²) in [4.78, 5) is 30.7. The first-order chi connectivity index (χ1) is 11.1. The van der Waals surface area contributed by atoms with Gasteiger partial charge in [-0.2, -0.15) is 0 Å². The average molecular weight is 305 g/mol. The number of aromatic nitrogens is 3. The number of nitrogens with zero attached hydrogens (tertiary/aromatic N) is 1. The predicted octanol–water partition coefficient (Wildman–Crippen LogP) is 2.76. The highest BCUT2D eigenvalue weighted by Gasteiger charge is 1.95. The van der Waals surface area contributed by atoms with E-state index in [1.54, 1.807) is 12.3 Å². The van der Waals surface area contributed by atoms with Crippen LogP contribution in [0.5, 0.6) is 0 Å². The van der Waals surface area contributed by atoms with Crippen LogP contribution in [0.3, 0.4) is 0 Å². The first kappa shape index (κ1) is 14.7. The van der Waals surface area contributed by atoms with Crippen LogP contribution >= 0.6 is 0 Å². The van der Waals surface area contributed by atoms with Crippen LogP contribution in [0, 0.1) is 6.92 Å². The SMILES string of the molecule is Cc1cccc2ccc(=O)[nH]c12.O=c1ncc2ccccc2[nH]1. The van der Waals surface area contributed by atoms with Crippen molar-refractivity contribution in [2.24, 2.45) is 0 Å². The zero-order chi connectivity index (χ0) is 16.2. The van der Waals surface area contributed by atoms with Crippen LogP contribution in [0.15, 0.2) is 70.4 Å². The second kappa shape index (κ2) is 6.27. The molecule has 0 unspecified atom stereocenters. The molecule has 0 spiro atoms. The summed E-state index contributed by atoms with van der Waals surface area (Å²) in [6, 6.07) is 16.9. The highest BCUT2D eigenvalue weighted by molar-refractivity contribution is 5.81. The fourth-order valence-electron chi connectivity index (χ4n) is 2.33. The van der Waals surface area contributed by atoms with Gasteiger partial charge in [-0.05, 0) is 30.0 Å². The standard InChI is InChI=1S/C10H9NO.C8H6N2O/c1-7-3-2-4-8-5-6-9(12)11-10(7)8;11-8-9-5-6-3-1-2-4-7(6)10-8/h2-6H,1H3,(H,11,12);1-5H,(H,9,10,11). The number of pyridine rings is 1. The summed E-state index contributed by atoms with van der Waals surface area (Å²) in [5, 5.41) is 2.03. The first-order valence-corrected chi connectivity index (χ1v) is 7.16. The maximum Gasteiger partial charge on any atom is 0.345 e. The van der Waals surface area contributed by atoms with Gasteiger partial charge in [-0.3, -0.25) is 4.79 Å². The fraction of sp³-hybridized carbons (Fsp3) is 0.0556. The van der Waals surface area contributed by atoms with Crippen LogP contribution in [0.2, 0.25) is 0 Å². The van der Waals surface area contributed by atoms with Crippen LogP contribution in [0.1, 0.15) is 5.56 Å². The van der Waals surface area contributed by atoms with Gasteiger partial charge in [0.1, 0.15) is 0 Å². The van der Waals surface area contributed by atoms with E-state index in [0.717, 1.165) is 27.4 Å². The van der Waals surface area contributed by atoms with Crippen molar-refractivity contribution in [2.45, 2.75) is 6.92 Å². The summed E-state index contributed by atoms with van der Waals surface area (Å²) in [7, 11) is 0. The Kier molecular flexibility index (Phi) is 4.01. The molecule has 0 aliphatic heterocycles. The number of benzene rings is 2. The Hall–Kier alpha value is -3.21. The molecule has 0 saturated carbocycles. The van der Waals surface area contributed by atoms with E-state index in [1.807, 2.05) is 55.5 Å². The van der Waals surface area contributed by atoms with Crippen LogP contribution in [-0.2, 0) is 0 Å². The Morgan fingerprint density at radius 1 is 0.826 bits per heavy atom. The van der Waals surface area contributed by atoms with E-state index >= 15 is 0 Å². The molecule has 4 rings (SSSR count). The van der Waals surface area contributed by atoms with Gasteiger partial charge in [0.25, 0.3) is 0 Å². The molecule has 114 valence electrons. The number of H-pyrrole nitrogens is 2. The lowest BCUT2D eigenvalue weighted by Gasteiger charge is -1.99. The molecule has 0 aliphatic carbocycles. The quantitative estimate of drug-likeness (QED) is 0.524. The molecule has 0 radical (unpaired) electrons. The van der Waals surface area contributed by atoms with Crippen molar-refractivity contribution in [3.63, 3.8) is 0 Å². The molecule has 4 aromatic rings. The Morgan fingerprint density at radius 3 is 2.48 bits per heavy atom. The minimum absolute atomic E-state index is 0.0446. The summed E-state index contributed by atoms with van der Waals surface area (Å²) in [6.45, 7) is 1.98. The average Bonchev–Trinajstić information content (AvgIpc) is 2.56. The third kappa shape index (κ3) is 3.35. The molecule has 2 aromatic carbocycles. The van der Waals surface area contributed by atoms with E-state index < -0.39 is 0 Å². The number of hydrogen-bond acceptors (Lipinski definition) is 3. The molecular weight excluding hydrogens is 290 g/mol. The molecular formula is C18H15N3O2. The van der Waals surface area contributed by atoms with Crippen LogP contribution in [0.4, 0.5) is 0 Å². The number of aromatic amines is 2. The summed E-state index contributed by atoms with van der Waals surface area (Å²) in [5.41, 5.74) is 2.52. The van der Waals surface area contributed by atoms with Gasteiger partial charge in [0, 0.05) is 17.6 Å². The lowest BCUT2D eigenvalue weighted by Crippen LogP contribution is -2.07. The molecule has 2 aromatic heterocycles. The van der Waals surface area contributed by atoms with Crippen molar-refractivity contribution in [1.82, 2.24) is 15.0 Å². The monoisotopic (exact) mass is 305 g/mol. The van der Waals surface area contributed by atoms with Crippen LogP contribution < -0.4 is 11.2 Å². The summed E-state index contributed by atoms with van der Waals surface area (Å²) in [6.07, 6.45) is 1.56. The Labute approximate surface area is 131 Å². The van der Waals surface area contributed by atoms with Crippen molar-refractivity contribution in [3.05, 3.63) is 87.2 Å². The number of fused-ring (bicyclic) bond motifs is 2. The van der Waals surface area contributed by atoms with Gasteiger partial charge in [0.15, 0.2) is 0 Å². The van der Waals surface area contributed by atoms with Gasteiger partial charge in [0.05, 0.1) is 11.0 Å². The largest absolute Gasteiger partial charge is 0.345 e. The van der Waals surface area contributed by atoms with Crippen LogP contribution in [-0.4, -0.2) is 15.0 Å². The normalized spacial score (nSPS) is 10.3. The third-order valence-electron chi connectivity index (χ3n) is 3.49. The topological polar surface area (TPSA) is 78.6 Å². The third-order valence-corrected chi connectivity index (χ3v) is 3.49. The molecule has 5 heteroatoms. The first-order valence-electron chi connectivity index (χ1n) is 7.16. The van der Waals surface area contributed by atoms with E-state index in [2.05, 4.69) is 15.0 Å². The molecule has 0 fully saturated rings. The summed E-state index contributed by atoms with van der Waals surface area (Å²) >= 11 is 0. The van der Waals surface area contributed by atoms with Gasteiger partial charge in [-0.15, -0.1) is 0 Å². The van der Waals surface area contributed by atoms with Crippen molar-refractivity contribution in [2.75, 3.05) is 0 Å². The minimum Gasteiger partial charge on any atom is -0.322 e. The second-order valence-electron chi connectivity index (χ2n) is 5.14. The molecule has 23 heavy (non-hydrogen) atoms. The zero-order valence-electron chi connectivity index (χ0n) is 12.5. The van der Waals surface area contributed by atoms with E-state index in [4.69, 9.17) is 0 Å². The predicted molar refractivity (Wildman–Crippen MR) is 91.7 cm³/mol. The molecule has 0 bridgehead atoms. The molecule has 0 aliphatic rings. The van der Waals surface area contributed by atoms with E-state index in [-0.39, 0.29) is 11.2 Å². The van der Waals surface area contributed by atoms with Gasteiger partial charge in [0.2, 0.25) is 5.56 Å². The lowest BCUT2D eigenvalue weighted by atomic mass is 10.1. The highest BCUT2D eigenvalue weighted by Crippen LogP contribution is 2.12. The maximum atomic E-state index is 11.0. The van der Waals surface area contributed by atoms with Gasteiger partial charge in [-0.25, -0.2) is 9.78 Å². The summed E-state index contributed by atoms with van der Waals surface area (Å²) < 4.78 is 0. The lowest BCUT2D eigenvalue weighted by molar-refractivity contribution is 1.12. The van der Waals surface area contributed by atoms with Crippen molar-refractivity contribution in [1.29, 1.82) is 0 Å². The smallest absolute Gasteiger partial charge is 0.322 e. The molecule has 2 N–H and O–H groups in total. The molecule has 0 amide bonds. The van der Waals surface area contributed by atoms with Crippen molar-refractivity contribution < 1.29 is 0 Å². The van der Waals surface area contributed by atoms with Gasteiger partial charge < -0.3 is 9.97 Å². The van der Waals surface area contributed by atoms with Gasteiger partial charge in [-0.1, -0.05) is 36.4 Å². The zero-order valence-corrected chi connectivity index (χ0v) is 12.5. The minimum atomic E-state index is -0.302. The molecule has 0 saturated heterocycles. The second-order valence-corrected chi connectivity index (χ2v) is 5.14. The highest BCUT2D eigenvalue weighted by atomic mass is 16.1. The van der Waals surface area contributed by atoms with E-state index in [1.165, 1.54) is 0 Å². The summed E-state index contributed by atoms with van der Waals surface area (Å²) in [5.74, 6) is 0. The fourth-order valence-corrected chi connectivity index (χ4v) is 2.33. The van der Waals surface area contributed by atoms with Gasteiger partial charge >= 0.3 is 5.69 Å². The number of hydrogen-bond donors (Lipinski definition) is 2. The Bertz CT molecular complexity index is 1080. The van der Waals surface area contributed by atoms with E-state index in [0.29, 0.717) is 0 Å². The molecule has 5 nitrogen and oxygen atoms in total. The van der Waals surface area contributed by atoms with Crippen molar-refractivity contribution >= 4 is 21.8 Å². The number of aryl methyl sites for hydroxylation is 1. The molecule has 2 heterocycles. The molecule has 0 atom stereocenters. The maximum absolute atomic E-state index is 11.0. The van der Waals surface area contributed by atoms with Crippen molar-refractivity contribution in [3.8, 4) is 0 Å². The van der Waals surface area contributed by atoms with Crippen LogP contribution in [0.25, 0.3) is 21.8 Å².